The van der Waals surface area contributed by atoms with Gasteiger partial charge in [-0.1, -0.05) is 64.3 Å². The fourth-order valence-electron chi connectivity index (χ4n) is 5.82. The van der Waals surface area contributed by atoms with E-state index < -0.39 is 24.0 Å². The van der Waals surface area contributed by atoms with E-state index in [2.05, 4.69) is 38.6 Å². The summed E-state index contributed by atoms with van der Waals surface area (Å²) < 4.78 is 22.4. The molecule has 254 valence electrons. The molecule has 0 aromatic heterocycles. The van der Waals surface area contributed by atoms with Crippen molar-refractivity contribution in [3.05, 3.63) is 59.7 Å². The molecule has 8 heteroatoms. The van der Waals surface area contributed by atoms with Gasteiger partial charge in [0, 0.05) is 6.07 Å². The Hall–Kier alpha value is -3.36. The highest BCUT2D eigenvalue weighted by Gasteiger charge is 2.28. The quantitative estimate of drug-likeness (QED) is 0.0946. The Balaban J connectivity index is 1.75. The van der Waals surface area contributed by atoms with Gasteiger partial charge < -0.3 is 29.2 Å². The first kappa shape index (κ1) is 37.1. The summed E-state index contributed by atoms with van der Waals surface area (Å²) in [7, 11) is 0. The van der Waals surface area contributed by atoms with Crippen LogP contribution in [0.4, 0.5) is 0 Å². The number of aryl methyl sites for hydroxylation is 1. The van der Waals surface area contributed by atoms with E-state index in [1.165, 1.54) is 62.5 Å². The van der Waals surface area contributed by atoms with Crippen molar-refractivity contribution >= 4 is 11.9 Å². The fourth-order valence-corrected chi connectivity index (χ4v) is 5.82. The third kappa shape index (κ3) is 11.2. The van der Waals surface area contributed by atoms with Crippen LogP contribution in [-0.4, -0.2) is 61.8 Å². The Morgan fingerprint density at radius 1 is 0.870 bits per heavy atom. The Morgan fingerprint density at radius 3 is 2.11 bits per heavy atom. The summed E-state index contributed by atoms with van der Waals surface area (Å²) >= 11 is 0. The predicted molar refractivity (Wildman–Crippen MR) is 180 cm³/mol. The lowest BCUT2D eigenvalue weighted by Gasteiger charge is -2.29. The van der Waals surface area contributed by atoms with Crippen molar-refractivity contribution in [1.29, 1.82) is 0 Å². The Kier molecular flexibility index (Phi) is 15.1. The van der Waals surface area contributed by atoms with Gasteiger partial charge in [-0.25, -0.2) is 4.79 Å². The maximum absolute atomic E-state index is 12.2. The van der Waals surface area contributed by atoms with Gasteiger partial charge in [0.25, 0.3) is 0 Å². The van der Waals surface area contributed by atoms with Gasteiger partial charge in [0.05, 0.1) is 24.2 Å². The van der Waals surface area contributed by atoms with Crippen LogP contribution in [0.25, 0.3) is 11.1 Å². The molecule has 0 bridgehead atoms. The van der Waals surface area contributed by atoms with Crippen molar-refractivity contribution in [1.82, 2.24) is 0 Å². The molecule has 8 nitrogen and oxygen atoms in total. The first-order valence-corrected chi connectivity index (χ1v) is 16.9. The van der Waals surface area contributed by atoms with E-state index in [-0.39, 0.29) is 38.6 Å². The van der Waals surface area contributed by atoms with Crippen molar-refractivity contribution in [3.8, 4) is 22.6 Å². The standard InChI is InChI=1S/C38H54O8/c1-6-8-9-10-28-11-13-30(14-12-28)31-15-16-35(29(7-2)21-31)32-22-33(43-17-19-45-36(41)27(3)25-39)24-34(23-32)44-18-20-46-37(42)38(4,5)26-40/h15-16,21-24,28,30,39-40H,3,6-14,17-20,25-26H2,1-2,4-5H3. The van der Waals surface area contributed by atoms with Crippen LogP contribution in [0.1, 0.15) is 96.1 Å². The van der Waals surface area contributed by atoms with Crippen molar-refractivity contribution in [2.75, 3.05) is 39.6 Å². The van der Waals surface area contributed by atoms with Crippen LogP contribution in [-0.2, 0) is 25.5 Å². The van der Waals surface area contributed by atoms with Crippen LogP contribution in [0.2, 0.25) is 0 Å². The van der Waals surface area contributed by atoms with Gasteiger partial charge in [-0.2, -0.15) is 0 Å². The van der Waals surface area contributed by atoms with E-state index in [0.717, 1.165) is 23.5 Å². The topological polar surface area (TPSA) is 112 Å². The molecule has 0 aliphatic heterocycles. The van der Waals surface area contributed by atoms with Gasteiger partial charge >= 0.3 is 11.9 Å². The monoisotopic (exact) mass is 638 g/mol. The molecule has 0 heterocycles. The van der Waals surface area contributed by atoms with Crippen molar-refractivity contribution in [3.63, 3.8) is 0 Å². The van der Waals surface area contributed by atoms with Gasteiger partial charge in [0.15, 0.2) is 0 Å². The number of carbonyl (C=O) groups excluding carboxylic acids is 2. The largest absolute Gasteiger partial charge is 0.490 e. The van der Waals surface area contributed by atoms with Crippen LogP contribution in [0, 0.1) is 11.3 Å². The van der Waals surface area contributed by atoms with Crippen LogP contribution in [0.3, 0.4) is 0 Å². The molecule has 0 amide bonds. The first-order chi connectivity index (χ1) is 22.1. The molecule has 1 fully saturated rings. The summed E-state index contributed by atoms with van der Waals surface area (Å²) in [6.07, 6.45) is 11.3. The van der Waals surface area contributed by atoms with Gasteiger partial charge in [0.1, 0.15) is 37.9 Å². The minimum absolute atomic E-state index is 0.00930. The molecule has 0 radical (unpaired) electrons. The number of carbonyl (C=O) groups is 2. The normalized spacial score (nSPS) is 16.5. The molecule has 2 aromatic rings. The predicted octanol–water partition coefficient (Wildman–Crippen LogP) is 7.18. The molecule has 2 aromatic carbocycles. The Morgan fingerprint density at radius 2 is 1.52 bits per heavy atom. The zero-order valence-corrected chi connectivity index (χ0v) is 28.3. The first-order valence-electron chi connectivity index (χ1n) is 16.9. The smallest absolute Gasteiger partial charge is 0.335 e. The van der Waals surface area contributed by atoms with E-state index in [1.807, 2.05) is 12.1 Å². The summed E-state index contributed by atoms with van der Waals surface area (Å²) in [6, 6.07) is 12.5. The van der Waals surface area contributed by atoms with E-state index in [1.54, 1.807) is 19.9 Å². The molecule has 0 saturated heterocycles. The fraction of sp³-hybridized carbons (Fsp3) is 0.579. The number of hydrogen-bond donors (Lipinski definition) is 2. The van der Waals surface area contributed by atoms with Gasteiger partial charge in [-0.05, 0) is 92.2 Å². The van der Waals surface area contributed by atoms with Crippen molar-refractivity contribution < 1.29 is 38.7 Å². The van der Waals surface area contributed by atoms with Gasteiger partial charge in [-0.3, -0.25) is 4.79 Å². The highest BCUT2D eigenvalue weighted by Crippen LogP contribution is 2.40. The zero-order valence-electron chi connectivity index (χ0n) is 28.3. The second kappa shape index (κ2) is 18.7. The summed E-state index contributed by atoms with van der Waals surface area (Å²) in [6.45, 7) is 10.6. The molecule has 1 aliphatic rings. The highest BCUT2D eigenvalue weighted by atomic mass is 16.6. The van der Waals surface area contributed by atoms with E-state index >= 15 is 0 Å². The van der Waals surface area contributed by atoms with Crippen molar-refractivity contribution in [2.45, 2.75) is 91.4 Å². The lowest BCUT2D eigenvalue weighted by molar-refractivity contribution is -0.156. The summed E-state index contributed by atoms with van der Waals surface area (Å²) in [5.74, 6) is 1.39. The summed E-state index contributed by atoms with van der Waals surface area (Å²) in [4.78, 5) is 24.1. The molecular formula is C38H54O8. The minimum Gasteiger partial charge on any atom is -0.490 e. The number of hydrogen-bond acceptors (Lipinski definition) is 8. The molecule has 0 atom stereocenters. The molecule has 0 spiro atoms. The SMILES string of the molecule is C=C(CO)C(=O)OCCOc1cc(OCCOC(=O)C(C)(C)CO)cc(-c2ccc(C3CCC(CCCCC)CC3)cc2CC)c1. The van der Waals surface area contributed by atoms with Gasteiger partial charge in [0.2, 0.25) is 0 Å². The third-order valence-electron chi connectivity index (χ3n) is 8.83. The third-order valence-corrected chi connectivity index (χ3v) is 8.83. The maximum Gasteiger partial charge on any atom is 0.335 e. The lowest BCUT2D eigenvalue weighted by atomic mass is 9.76. The van der Waals surface area contributed by atoms with Crippen LogP contribution < -0.4 is 9.47 Å². The highest BCUT2D eigenvalue weighted by molar-refractivity contribution is 5.87. The molecular weight excluding hydrogens is 584 g/mol. The number of rotatable bonds is 19. The number of aliphatic hydroxyl groups is 2. The molecule has 46 heavy (non-hydrogen) atoms. The average molecular weight is 639 g/mol. The van der Waals surface area contributed by atoms with Gasteiger partial charge in [-0.15, -0.1) is 0 Å². The average Bonchev–Trinajstić information content (AvgIpc) is 3.08. The van der Waals surface area contributed by atoms with E-state index in [0.29, 0.717) is 17.4 Å². The van der Waals surface area contributed by atoms with Crippen LogP contribution >= 0.6 is 0 Å². The zero-order chi connectivity index (χ0) is 33.5. The maximum atomic E-state index is 12.2. The lowest BCUT2D eigenvalue weighted by Crippen LogP contribution is -2.31. The van der Waals surface area contributed by atoms with Crippen LogP contribution in [0.15, 0.2) is 48.6 Å². The summed E-state index contributed by atoms with van der Waals surface area (Å²) in [5, 5.41) is 18.5. The number of unbranched alkanes of at least 4 members (excludes halogenated alkanes) is 2. The Labute approximate surface area is 275 Å². The number of ether oxygens (including phenoxy) is 4. The number of aliphatic hydroxyl groups excluding tert-OH is 2. The van der Waals surface area contributed by atoms with Crippen LogP contribution in [0.5, 0.6) is 11.5 Å². The molecule has 3 rings (SSSR count). The molecule has 1 saturated carbocycles. The van der Waals surface area contributed by atoms with Crippen molar-refractivity contribution in [2.24, 2.45) is 11.3 Å². The molecule has 0 unspecified atom stereocenters. The minimum atomic E-state index is -0.982. The number of esters is 2. The van der Waals surface area contributed by atoms with E-state index in [9.17, 15) is 14.7 Å². The molecule has 1 aliphatic carbocycles. The van der Waals surface area contributed by atoms with E-state index in [4.69, 9.17) is 24.1 Å². The second-order valence-corrected chi connectivity index (χ2v) is 12.9. The second-order valence-electron chi connectivity index (χ2n) is 12.9. The Bertz CT molecular complexity index is 1280. The number of benzene rings is 2. The summed E-state index contributed by atoms with van der Waals surface area (Å²) in [5.41, 5.74) is 3.69. The molecule has 2 N–H and O–H groups in total.